The number of nitrogens with one attached hydrogen (secondary N) is 2. The van der Waals surface area contributed by atoms with Crippen LogP contribution in [0.4, 0.5) is 29.3 Å². The van der Waals surface area contributed by atoms with E-state index < -0.39 is 25.2 Å². The Morgan fingerprint density at radius 3 is 2.50 bits per heavy atom. The SMILES string of the molecule is C[C@@H](COC(F)F)Nc1ncc(C(=O)NC2CCN(CCOC(F)F)CC2)c(N=CC2CCC(O)CC2)n1. The first-order valence-corrected chi connectivity index (χ1v) is 12.9. The van der Waals surface area contributed by atoms with E-state index in [0.717, 1.165) is 12.8 Å². The summed E-state index contributed by atoms with van der Waals surface area (Å²) in [6, 6.07) is -0.632. The molecule has 2 fully saturated rings. The van der Waals surface area contributed by atoms with E-state index in [2.05, 4.69) is 35.1 Å². The molecule has 1 aliphatic carbocycles. The van der Waals surface area contributed by atoms with Crippen molar-refractivity contribution >= 4 is 23.9 Å². The van der Waals surface area contributed by atoms with Crippen LogP contribution >= 0.6 is 0 Å². The first-order valence-electron chi connectivity index (χ1n) is 12.9. The molecule has 3 N–H and O–H groups in total. The standard InChI is InChI=1S/C24H36F4N6O4/c1-15(14-38-23(27)28)31-24-30-13-19(20(33-24)29-12-16-2-4-18(35)5-3-16)21(36)32-17-6-8-34(9-7-17)10-11-37-22(25)26/h12-13,15-18,22-23,35H,2-11,14H2,1H3,(H,32,36)(H,30,31,33)/t15-,16?,18?/m0/s1. The molecule has 1 saturated carbocycles. The summed E-state index contributed by atoms with van der Waals surface area (Å²) in [5.74, 6) is 0.0147. The third kappa shape index (κ3) is 10.4. The number of rotatable bonds is 13. The third-order valence-corrected chi connectivity index (χ3v) is 6.58. The molecule has 0 radical (unpaired) electrons. The van der Waals surface area contributed by atoms with Crippen molar-refractivity contribution in [3.05, 3.63) is 11.8 Å². The fourth-order valence-corrected chi connectivity index (χ4v) is 4.44. The molecule has 3 rings (SSSR count). The van der Waals surface area contributed by atoms with Crippen LogP contribution in [0.15, 0.2) is 11.2 Å². The maximum atomic E-state index is 13.1. The summed E-state index contributed by atoms with van der Waals surface area (Å²) >= 11 is 0. The second kappa shape index (κ2) is 15.2. The first kappa shape index (κ1) is 30.1. The molecule has 1 amide bonds. The fourth-order valence-electron chi connectivity index (χ4n) is 4.44. The van der Waals surface area contributed by atoms with E-state index in [1.807, 2.05) is 4.90 Å². The van der Waals surface area contributed by atoms with Crippen molar-refractivity contribution in [1.82, 2.24) is 20.2 Å². The Morgan fingerprint density at radius 1 is 1.16 bits per heavy atom. The number of halogens is 4. The van der Waals surface area contributed by atoms with Gasteiger partial charge in [0, 0.05) is 44.1 Å². The van der Waals surface area contributed by atoms with Gasteiger partial charge in [-0.15, -0.1) is 0 Å². The number of amides is 1. The molecule has 1 aromatic rings. The fraction of sp³-hybridized carbons (Fsp3) is 0.750. The largest absolute Gasteiger partial charge is 0.393 e. The number of anilines is 1. The van der Waals surface area contributed by atoms with E-state index in [9.17, 15) is 27.5 Å². The van der Waals surface area contributed by atoms with Gasteiger partial charge in [-0.1, -0.05) is 0 Å². The van der Waals surface area contributed by atoms with Gasteiger partial charge in [0.25, 0.3) is 5.91 Å². The van der Waals surface area contributed by atoms with Gasteiger partial charge in [-0.05, 0) is 51.4 Å². The highest BCUT2D eigenvalue weighted by Crippen LogP contribution is 2.25. The van der Waals surface area contributed by atoms with Gasteiger partial charge in [0.05, 0.1) is 19.3 Å². The van der Waals surface area contributed by atoms with Crippen LogP contribution < -0.4 is 10.6 Å². The van der Waals surface area contributed by atoms with E-state index in [4.69, 9.17) is 0 Å². The number of piperidine rings is 1. The van der Waals surface area contributed by atoms with Gasteiger partial charge in [-0.2, -0.15) is 22.5 Å². The minimum Gasteiger partial charge on any atom is -0.393 e. The summed E-state index contributed by atoms with van der Waals surface area (Å²) in [5.41, 5.74) is 0.173. The highest BCUT2D eigenvalue weighted by atomic mass is 19.3. The van der Waals surface area contributed by atoms with Crippen LogP contribution in [0.25, 0.3) is 0 Å². The number of carbonyl (C=O) groups is 1. The number of aromatic nitrogens is 2. The highest BCUT2D eigenvalue weighted by molar-refractivity contribution is 5.98. The Kier molecular flexibility index (Phi) is 12.1. The number of aliphatic hydroxyl groups is 1. The second-order valence-corrected chi connectivity index (χ2v) is 9.64. The topological polar surface area (TPSA) is 121 Å². The van der Waals surface area contributed by atoms with Crippen LogP contribution in [0, 0.1) is 5.92 Å². The minimum absolute atomic E-state index is 0.0549. The lowest BCUT2D eigenvalue weighted by Gasteiger charge is -2.32. The molecule has 1 atom stereocenters. The van der Waals surface area contributed by atoms with Gasteiger partial charge in [-0.25, -0.2) is 9.98 Å². The summed E-state index contributed by atoms with van der Waals surface area (Å²) in [6.45, 7) is -2.70. The molecule has 1 saturated heterocycles. The average Bonchev–Trinajstić information content (AvgIpc) is 2.88. The van der Waals surface area contributed by atoms with Crippen LogP contribution in [0.1, 0.15) is 55.8 Å². The van der Waals surface area contributed by atoms with E-state index >= 15 is 0 Å². The molecular weight excluding hydrogens is 512 g/mol. The minimum atomic E-state index is -2.89. The van der Waals surface area contributed by atoms with Gasteiger partial charge in [-0.3, -0.25) is 4.79 Å². The summed E-state index contributed by atoms with van der Waals surface area (Å²) in [4.78, 5) is 28.1. The Labute approximate surface area is 219 Å². The summed E-state index contributed by atoms with van der Waals surface area (Å²) in [5, 5.41) is 15.6. The van der Waals surface area contributed by atoms with E-state index in [1.54, 1.807) is 13.1 Å². The maximum absolute atomic E-state index is 13.1. The average molecular weight is 549 g/mol. The molecule has 0 bridgehead atoms. The van der Waals surface area contributed by atoms with Crippen molar-refractivity contribution in [1.29, 1.82) is 0 Å². The van der Waals surface area contributed by atoms with Gasteiger partial charge in [0.15, 0.2) is 5.82 Å². The molecule has 0 aromatic carbocycles. The number of hydrogen-bond donors (Lipinski definition) is 3. The van der Waals surface area contributed by atoms with Crippen LogP contribution in [0.5, 0.6) is 0 Å². The molecular formula is C24H36F4N6O4. The highest BCUT2D eigenvalue weighted by Gasteiger charge is 2.24. The van der Waals surface area contributed by atoms with Crippen LogP contribution in [-0.2, 0) is 9.47 Å². The number of alkyl halides is 4. The van der Waals surface area contributed by atoms with Crippen molar-refractivity contribution in [2.24, 2.45) is 10.9 Å². The number of carbonyl (C=O) groups excluding carboxylic acids is 1. The van der Waals surface area contributed by atoms with Crippen molar-refractivity contribution in [2.75, 3.05) is 38.2 Å². The van der Waals surface area contributed by atoms with Crippen molar-refractivity contribution in [3.8, 4) is 0 Å². The lowest BCUT2D eigenvalue weighted by Crippen LogP contribution is -2.45. The predicted octanol–water partition coefficient (Wildman–Crippen LogP) is 3.20. The maximum Gasteiger partial charge on any atom is 0.345 e. The molecule has 38 heavy (non-hydrogen) atoms. The number of nitrogens with zero attached hydrogens (tertiary/aromatic N) is 4. The zero-order chi connectivity index (χ0) is 27.5. The zero-order valence-corrected chi connectivity index (χ0v) is 21.4. The lowest BCUT2D eigenvalue weighted by molar-refractivity contribution is -0.132. The summed E-state index contributed by atoms with van der Waals surface area (Å²) in [7, 11) is 0. The lowest BCUT2D eigenvalue weighted by atomic mass is 9.88. The molecule has 1 aliphatic heterocycles. The molecule has 14 heteroatoms. The van der Waals surface area contributed by atoms with Gasteiger partial charge in [0.2, 0.25) is 5.95 Å². The smallest absolute Gasteiger partial charge is 0.345 e. The number of hydrogen-bond acceptors (Lipinski definition) is 9. The number of ether oxygens (including phenoxy) is 2. The summed E-state index contributed by atoms with van der Waals surface area (Å²) in [6.07, 6.45) is 6.95. The zero-order valence-electron chi connectivity index (χ0n) is 21.4. The monoisotopic (exact) mass is 548 g/mol. The van der Waals surface area contributed by atoms with Gasteiger partial charge in [0.1, 0.15) is 5.56 Å². The number of aliphatic hydroxyl groups excluding tert-OH is 1. The normalized spacial score (nSPS) is 22.3. The predicted molar refractivity (Wildman–Crippen MR) is 132 cm³/mol. The quantitative estimate of drug-likeness (QED) is 0.254. The van der Waals surface area contributed by atoms with Gasteiger partial charge < -0.3 is 30.1 Å². The van der Waals surface area contributed by atoms with Crippen LogP contribution in [-0.4, -0.2) is 96.4 Å². The first-order chi connectivity index (χ1) is 18.2. The Morgan fingerprint density at radius 2 is 1.84 bits per heavy atom. The second-order valence-electron chi connectivity index (χ2n) is 9.64. The van der Waals surface area contributed by atoms with Crippen molar-refractivity contribution in [3.63, 3.8) is 0 Å². The third-order valence-electron chi connectivity index (χ3n) is 6.58. The van der Waals surface area contributed by atoms with Crippen molar-refractivity contribution in [2.45, 2.75) is 76.9 Å². The van der Waals surface area contributed by atoms with Crippen molar-refractivity contribution < 1.29 is 36.9 Å². The Hall–Kier alpha value is -2.42. The number of aliphatic imine (C=N–C) groups is 1. The van der Waals surface area contributed by atoms with E-state index in [-0.39, 0.29) is 48.6 Å². The van der Waals surface area contributed by atoms with Crippen LogP contribution in [0.2, 0.25) is 0 Å². The Bertz CT molecular complexity index is 897. The Balaban J connectivity index is 1.63. The molecule has 10 nitrogen and oxygen atoms in total. The molecule has 2 heterocycles. The number of likely N-dealkylation sites (tertiary alicyclic amines) is 1. The summed E-state index contributed by atoms with van der Waals surface area (Å²) < 4.78 is 57.6. The molecule has 1 aromatic heterocycles. The van der Waals surface area contributed by atoms with E-state index in [0.29, 0.717) is 45.3 Å². The molecule has 214 valence electrons. The van der Waals surface area contributed by atoms with Gasteiger partial charge >= 0.3 is 13.2 Å². The molecule has 0 unspecified atom stereocenters. The van der Waals surface area contributed by atoms with Crippen LogP contribution in [0.3, 0.4) is 0 Å². The molecule has 0 spiro atoms. The molecule has 2 aliphatic rings. The van der Waals surface area contributed by atoms with E-state index in [1.165, 1.54) is 6.20 Å².